The zero-order valence-electron chi connectivity index (χ0n) is 11.8. The largest absolute Gasteiger partial charge is 0.394 e. The molecule has 2 aromatic carbocycles. The van der Waals surface area contributed by atoms with Crippen LogP contribution in [0.15, 0.2) is 47.4 Å². The number of nitriles is 1. The molecule has 2 rings (SSSR count). The lowest BCUT2D eigenvalue weighted by atomic mass is 10.2. The normalized spacial score (nSPS) is 11.0. The van der Waals surface area contributed by atoms with E-state index in [0.29, 0.717) is 10.4 Å². The maximum atomic E-state index is 14.0. The van der Waals surface area contributed by atoms with Crippen LogP contribution in [0.2, 0.25) is 0 Å². The highest BCUT2D eigenvalue weighted by Gasteiger charge is 2.29. The van der Waals surface area contributed by atoms with E-state index in [0.717, 1.165) is 12.1 Å². The van der Waals surface area contributed by atoms with Crippen molar-refractivity contribution in [3.05, 3.63) is 59.7 Å². The van der Waals surface area contributed by atoms with E-state index in [-0.39, 0.29) is 10.5 Å². The van der Waals surface area contributed by atoms with Gasteiger partial charge in [0, 0.05) is 6.07 Å². The fourth-order valence-corrected chi connectivity index (χ4v) is 3.66. The van der Waals surface area contributed by atoms with E-state index in [1.807, 2.05) is 0 Å². The van der Waals surface area contributed by atoms with Gasteiger partial charge in [0.15, 0.2) is 0 Å². The van der Waals surface area contributed by atoms with Crippen molar-refractivity contribution >= 4 is 15.7 Å². The smallest absolute Gasteiger partial charge is 0.265 e. The first-order chi connectivity index (χ1) is 10.9. The first-order valence-electron chi connectivity index (χ1n) is 6.49. The summed E-state index contributed by atoms with van der Waals surface area (Å²) < 4.78 is 53.1. The Labute approximate surface area is 132 Å². The van der Waals surface area contributed by atoms with E-state index in [9.17, 15) is 17.2 Å². The standard InChI is InChI=1S/C15H12F2N2O3S/c16-12-5-6-14(13(17)9-12)19(7-8-20)23(21,22)15-4-2-1-3-11(15)10-18/h1-6,9,20H,7-8H2. The zero-order chi connectivity index (χ0) is 17.0. The number of hydrogen-bond donors (Lipinski definition) is 1. The van der Waals surface area contributed by atoms with Gasteiger partial charge in [0.2, 0.25) is 0 Å². The molecule has 0 aromatic heterocycles. The van der Waals surface area contributed by atoms with Crippen molar-refractivity contribution in [1.29, 1.82) is 5.26 Å². The number of halogens is 2. The van der Waals surface area contributed by atoms with Crippen LogP contribution in [0, 0.1) is 23.0 Å². The Bertz CT molecular complexity index is 863. The van der Waals surface area contributed by atoms with Crippen molar-refractivity contribution in [2.75, 3.05) is 17.5 Å². The monoisotopic (exact) mass is 338 g/mol. The lowest BCUT2D eigenvalue weighted by Gasteiger charge is -2.24. The Morgan fingerprint density at radius 2 is 1.87 bits per heavy atom. The fourth-order valence-electron chi connectivity index (χ4n) is 2.05. The van der Waals surface area contributed by atoms with Crippen LogP contribution in [0.3, 0.4) is 0 Å². The molecule has 2 aromatic rings. The number of sulfonamides is 1. The molecule has 0 aliphatic rings. The highest BCUT2D eigenvalue weighted by molar-refractivity contribution is 7.92. The highest BCUT2D eigenvalue weighted by Crippen LogP contribution is 2.28. The summed E-state index contributed by atoms with van der Waals surface area (Å²) in [6.07, 6.45) is 0. The highest BCUT2D eigenvalue weighted by atomic mass is 32.2. The van der Waals surface area contributed by atoms with Crippen LogP contribution in [-0.2, 0) is 10.0 Å². The number of anilines is 1. The van der Waals surface area contributed by atoms with Gasteiger partial charge in [0.1, 0.15) is 22.6 Å². The molecule has 0 spiro atoms. The zero-order valence-corrected chi connectivity index (χ0v) is 12.6. The van der Waals surface area contributed by atoms with E-state index in [1.165, 1.54) is 24.3 Å². The third-order valence-electron chi connectivity index (χ3n) is 3.06. The predicted molar refractivity (Wildman–Crippen MR) is 79.1 cm³/mol. The molecule has 0 amide bonds. The minimum atomic E-state index is -4.31. The Kier molecular flexibility index (Phi) is 4.93. The summed E-state index contributed by atoms with van der Waals surface area (Å²) >= 11 is 0. The Balaban J connectivity index is 2.63. The number of rotatable bonds is 5. The molecule has 0 saturated heterocycles. The van der Waals surface area contributed by atoms with Gasteiger partial charge >= 0.3 is 0 Å². The van der Waals surface area contributed by atoms with Gasteiger partial charge < -0.3 is 5.11 Å². The molecular weight excluding hydrogens is 326 g/mol. The Morgan fingerprint density at radius 3 is 2.48 bits per heavy atom. The molecule has 0 bridgehead atoms. The van der Waals surface area contributed by atoms with Crippen molar-refractivity contribution in [2.24, 2.45) is 0 Å². The molecule has 0 unspecified atom stereocenters. The van der Waals surface area contributed by atoms with Gasteiger partial charge in [-0.05, 0) is 24.3 Å². The minimum absolute atomic E-state index is 0.113. The van der Waals surface area contributed by atoms with E-state index in [1.54, 1.807) is 6.07 Å². The molecular formula is C15H12F2N2O3S. The van der Waals surface area contributed by atoms with Gasteiger partial charge in [-0.25, -0.2) is 17.2 Å². The van der Waals surface area contributed by atoms with Crippen LogP contribution < -0.4 is 4.31 Å². The second-order valence-corrected chi connectivity index (χ2v) is 6.34. The summed E-state index contributed by atoms with van der Waals surface area (Å²) in [5.74, 6) is -1.94. The van der Waals surface area contributed by atoms with Crippen LogP contribution in [0.1, 0.15) is 5.56 Å². The molecule has 0 heterocycles. The lowest BCUT2D eigenvalue weighted by Crippen LogP contribution is -2.34. The van der Waals surface area contributed by atoms with Gasteiger partial charge in [-0.3, -0.25) is 4.31 Å². The third-order valence-corrected chi connectivity index (χ3v) is 4.93. The summed E-state index contributed by atoms with van der Waals surface area (Å²) in [6, 6.07) is 9.61. The molecule has 0 saturated carbocycles. The Morgan fingerprint density at radius 1 is 1.17 bits per heavy atom. The van der Waals surface area contributed by atoms with Crippen molar-refractivity contribution in [3.8, 4) is 6.07 Å². The average molecular weight is 338 g/mol. The molecule has 0 aliphatic carbocycles. The van der Waals surface area contributed by atoms with Crippen LogP contribution in [0.4, 0.5) is 14.5 Å². The van der Waals surface area contributed by atoms with Crippen LogP contribution in [-0.4, -0.2) is 26.7 Å². The van der Waals surface area contributed by atoms with E-state index in [4.69, 9.17) is 10.4 Å². The van der Waals surface area contributed by atoms with Crippen LogP contribution in [0.5, 0.6) is 0 Å². The van der Waals surface area contributed by atoms with E-state index in [2.05, 4.69) is 0 Å². The van der Waals surface area contributed by atoms with Gasteiger partial charge in [0.25, 0.3) is 10.0 Å². The topological polar surface area (TPSA) is 81.4 Å². The summed E-state index contributed by atoms with van der Waals surface area (Å²) in [4.78, 5) is -0.320. The lowest BCUT2D eigenvalue weighted by molar-refractivity contribution is 0.306. The SMILES string of the molecule is N#Cc1ccccc1S(=O)(=O)N(CCO)c1ccc(F)cc1F. The van der Waals surface area contributed by atoms with Gasteiger partial charge in [-0.2, -0.15) is 5.26 Å². The van der Waals surface area contributed by atoms with Crippen LogP contribution >= 0.6 is 0 Å². The molecule has 0 fully saturated rings. The molecule has 1 N–H and O–H groups in total. The quantitative estimate of drug-likeness (QED) is 0.904. The molecule has 0 atom stereocenters. The predicted octanol–water partition coefficient (Wildman–Crippen LogP) is 2.02. The van der Waals surface area contributed by atoms with Crippen molar-refractivity contribution in [1.82, 2.24) is 0 Å². The number of aliphatic hydroxyl groups is 1. The van der Waals surface area contributed by atoms with Crippen molar-refractivity contribution < 1.29 is 22.3 Å². The minimum Gasteiger partial charge on any atom is -0.394 e. The number of benzene rings is 2. The first-order valence-corrected chi connectivity index (χ1v) is 7.93. The van der Waals surface area contributed by atoms with Gasteiger partial charge in [-0.15, -0.1) is 0 Å². The molecule has 0 radical (unpaired) electrons. The molecule has 23 heavy (non-hydrogen) atoms. The fraction of sp³-hybridized carbons (Fsp3) is 0.133. The number of hydrogen-bond acceptors (Lipinski definition) is 4. The summed E-state index contributed by atoms with van der Waals surface area (Å²) in [5.41, 5.74) is -0.522. The number of nitrogens with zero attached hydrogens (tertiary/aromatic N) is 2. The summed E-state index contributed by atoms with van der Waals surface area (Å²) in [5, 5.41) is 18.2. The van der Waals surface area contributed by atoms with Crippen LogP contribution in [0.25, 0.3) is 0 Å². The first kappa shape index (κ1) is 16.9. The Hall–Kier alpha value is -2.50. The third kappa shape index (κ3) is 3.31. The van der Waals surface area contributed by atoms with E-state index >= 15 is 0 Å². The summed E-state index contributed by atoms with van der Waals surface area (Å²) in [7, 11) is -4.31. The van der Waals surface area contributed by atoms with Crippen molar-refractivity contribution in [3.63, 3.8) is 0 Å². The molecule has 120 valence electrons. The maximum absolute atomic E-state index is 14.0. The molecule has 5 nitrogen and oxygen atoms in total. The maximum Gasteiger partial charge on any atom is 0.265 e. The summed E-state index contributed by atoms with van der Waals surface area (Å²) in [6.45, 7) is -1.02. The average Bonchev–Trinajstić information content (AvgIpc) is 2.53. The number of aliphatic hydroxyl groups excluding tert-OH is 1. The second kappa shape index (κ2) is 6.73. The van der Waals surface area contributed by atoms with Gasteiger partial charge in [-0.1, -0.05) is 12.1 Å². The van der Waals surface area contributed by atoms with Gasteiger partial charge in [0.05, 0.1) is 24.4 Å². The molecule has 0 aliphatic heterocycles. The van der Waals surface area contributed by atoms with E-state index < -0.39 is 40.5 Å². The van der Waals surface area contributed by atoms with Crippen molar-refractivity contribution in [2.45, 2.75) is 4.90 Å². The second-order valence-electron chi connectivity index (χ2n) is 4.50. The molecule has 8 heteroatoms.